The van der Waals surface area contributed by atoms with E-state index in [9.17, 15) is 19.5 Å². The number of rotatable bonds is 26. The van der Waals surface area contributed by atoms with Crippen molar-refractivity contribution in [2.24, 2.45) is 0 Å². The highest BCUT2D eigenvalue weighted by Gasteiger charge is 2.20. The molecular formula is C36H62N5O6+. The summed E-state index contributed by atoms with van der Waals surface area (Å²) in [6, 6.07) is 3.40. The van der Waals surface area contributed by atoms with E-state index in [-0.39, 0.29) is 50.2 Å². The van der Waals surface area contributed by atoms with Crippen LogP contribution in [-0.2, 0) is 29.1 Å². The van der Waals surface area contributed by atoms with Gasteiger partial charge in [0.25, 0.3) is 5.91 Å². The summed E-state index contributed by atoms with van der Waals surface area (Å²) < 4.78 is 15.4. The number of amides is 2. The molecule has 0 aliphatic carbocycles. The molecule has 266 valence electrons. The Kier molecular flexibility index (Phi) is 20.3. The van der Waals surface area contributed by atoms with Crippen molar-refractivity contribution < 1.29 is 28.7 Å². The van der Waals surface area contributed by atoms with Crippen molar-refractivity contribution in [1.29, 1.82) is 0 Å². The lowest BCUT2D eigenvalue weighted by atomic mass is 10.0. The van der Waals surface area contributed by atoms with Crippen molar-refractivity contribution in [3.63, 3.8) is 0 Å². The molecule has 2 unspecified atom stereocenters. The molecule has 0 aliphatic heterocycles. The highest BCUT2D eigenvalue weighted by Crippen LogP contribution is 2.15. The van der Waals surface area contributed by atoms with Gasteiger partial charge in [-0.3, -0.25) is 13.9 Å². The number of imidazole rings is 1. The van der Waals surface area contributed by atoms with Gasteiger partial charge >= 0.3 is 11.8 Å². The summed E-state index contributed by atoms with van der Waals surface area (Å²) in [5.74, 6) is -0.406. The summed E-state index contributed by atoms with van der Waals surface area (Å²) in [6.07, 6.45) is 22.4. The maximum absolute atomic E-state index is 12.8. The number of pyridine rings is 1. The van der Waals surface area contributed by atoms with Crippen molar-refractivity contribution in [3.8, 4) is 5.88 Å². The number of alkyl carbamates (subject to hydrolysis) is 1. The predicted molar refractivity (Wildman–Crippen MR) is 185 cm³/mol. The number of nitrogens with zero attached hydrogens (tertiary/aromatic N) is 3. The number of aromatic nitrogens is 3. The smallest absolute Gasteiger partial charge is 0.407 e. The molecule has 11 nitrogen and oxygen atoms in total. The topological polar surface area (TPSA) is 128 Å². The standard InChI is InChI=1S/C36H61N5O6/c1-5-7-8-9-10-11-12-13-14-15-16-17-18-22-32(30(3)46-4)38-35(44)47-27-20-25-41-33(42)29-40(36(41)45)26-23-37-34(43)31-21-19-24-39(6-2)28-31/h19,21,24,28-30,32H,5-18,20,22-23,25-27H2,1-4H3,(H2-,37,38,42,43,44)/p+1. The third-order valence-electron chi connectivity index (χ3n) is 8.77. The van der Waals surface area contributed by atoms with Crippen LogP contribution in [0.4, 0.5) is 4.79 Å². The van der Waals surface area contributed by atoms with Gasteiger partial charge in [0, 0.05) is 32.8 Å². The molecule has 0 spiro atoms. The average molecular weight is 661 g/mol. The van der Waals surface area contributed by atoms with Crippen molar-refractivity contribution >= 4 is 12.0 Å². The van der Waals surface area contributed by atoms with E-state index < -0.39 is 11.8 Å². The molecule has 0 bridgehead atoms. The lowest BCUT2D eigenvalue weighted by molar-refractivity contribution is -0.693. The summed E-state index contributed by atoms with van der Waals surface area (Å²) in [5, 5.41) is 16.1. The summed E-state index contributed by atoms with van der Waals surface area (Å²) in [6.45, 7) is 7.68. The molecule has 2 amide bonds. The second-order valence-corrected chi connectivity index (χ2v) is 12.5. The summed E-state index contributed by atoms with van der Waals surface area (Å²) >= 11 is 0. The van der Waals surface area contributed by atoms with Crippen LogP contribution in [0, 0.1) is 0 Å². The maximum atomic E-state index is 12.8. The number of hydrogen-bond donors (Lipinski definition) is 3. The Morgan fingerprint density at radius 3 is 2.19 bits per heavy atom. The molecule has 0 aliphatic rings. The largest absolute Gasteiger partial charge is 0.493 e. The average Bonchev–Trinajstić information content (AvgIpc) is 3.35. The fourth-order valence-electron chi connectivity index (χ4n) is 5.68. The maximum Gasteiger partial charge on any atom is 0.407 e. The minimum atomic E-state index is -0.513. The van der Waals surface area contributed by atoms with E-state index >= 15 is 0 Å². The Morgan fingerprint density at radius 2 is 1.57 bits per heavy atom. The van der Waals surface area contributed by atoms with Gasteiger partial charge in [0.1, 0.15) is 12.1 Å². The summed E-state index contributed by atoms with van der Waals surface area (Å²) in [5.41, 5.74) is 0.144. The van der Waals surface area contributed by atoms with Gasteiger partial charge in [0.15, 0.2) is 12.4 Å². The number of hydrogen-bond acceptors (Lipinski definition) is 6. The molecule has 0 saturated carbocycles. The van der Waals surface area contributed by atoms with Gasteiger partial charge in [-0.2, -0.15) is 0 Å². The Bertz CT molecular complexity index is 1210. The summed E-state index contributed by atoms with van der Waals surface area (Å²) in [7, 11) is 1.64. The second-order valence-electron chi connectivity index (χ2n) is 12.5. The van der Waals surface area contributed by atoms with Crippen LogP contribution >= 0.6 is 0 Å². The third-order valence-corrected chi connectivity index (χ3v) is 8.77. The molecule has 11 heteroatoms. The fourth-order valence-corrected chi connectivity index (χ4v) is 5.68. The molecule has 0 aromatic carbocycles. The number of carbonyl (C=O) groups is 2. The first kappa shape index (κ1) is 39.8. The molecule has 2 aromatic heterocycles. The van der Waals surface area contributed by atoms with Crippen molar-refractivity contribution in [1.82, 2.24) is 19.8 Å². The Hall–Kier alpha value is -3.34. The third kappa shape index (κ3) is 15.9. The van der Waals surface area contributed by atoms with E-state index in [4.69, 9.17) is 9.47 Å². The first-order chi connectivity index (χ1) is 22.8. The number of ether oxygens (including phenoxy) is 2. The number of nitrogens with one attached hydrogen (secondary N) is 2. The zero-order chi connectivity index (χ0) is 34.3. The van der Waals surface area contributed by atoms with E-state index in [1.165, 1.54) is 86.0 Å². The highest BCUT2D eigenvalue weighted by molar-refractivity contribution is 5.93. The second kappa shape index (κ2) is 23.9. The molecule has 2 atom stereocenters. The Morgan fingerprint density at radius 1 is 0.936 bits per heavy atom. The normalized spacial score (nSPS) is 12.5. The van der Waals surface area contributed by atoms with Crippen molar-refractivity contribution in [3.05, 3.63) is 46.8 Å². The molecule has 0 fully saturated rings. The van der Waals surface area contributed by atoms with Gasteiger partial charge in [-0.1, -0.05) is 90.4 Å². The van der Waals surface area contributed by atoms with Crippen LogP contribution in [0.15, 0.2) is 35.5 Å². The van der Waals surface area contributed by atoms with Gasteiger partial charge in [-0.05, 0) is 32.8 Å². The number of unbranched alkanes of at least 4 members (excludes halogenated alkanes) is 12. The molecule has 2 heterocycles. The first-order valence-corrected chi connectivity index (χ1v) is 18.0. The number of carbonyl (C=O) groups excluding carboxylic acids is 2. The van der Waals surface area contributed by atoms with Crippen LogP contribution in [-0.4, -0.2) is 58.6 Å². The Balaban J connectivity index is 1.63. The van der Waals surface area contributed by atoms with E-state index in [0.717, 1.165) is 25.8 Å². The number of aromatic hydroxyl groups is 1. The first-order valence-electron chi connectivity index (χ1n) is 18.0. The number of methoxy groups -OCH3 is 1. The zero-order valence-electron chi connectivity index (χ0n) is 29.5. The van der Waals surface area contributed by atoms with E-state index in [2.05, 4.69) is 17.6 Å². The van der Waals surface area contributed by atoms with Crippen LogP contribution < -0.4 is 20.9 Å². The van der Waals surface area contributed by atoms with E-state index in [1.54, 1.807) is 19.4 Å². The molecule has 0 saturated heterocycles. The van der Waals surface area contributed by atoms with Crippen LogP contribution in [0.25, 0.3) is 0 Å². The van der Waals surface area contributed by atoms with Crippen molar-refractivity contribution in [2.75, 3.05) is 20.3 Å². The van der Waals surface area contributed by atoms with Crippen LogP contribution in [0.1, 0.15) is 127 Å². The van der Waals surface area contributed by atoms with Gasteiger partial charge in [0.2, 0.25) is 5.88 Å². The lowest BCUT2D eigenvalue weighted by Crippen LogP contribution is -2.43. The quantitative estimate of drug-likeness (QED) is 0.0828. The van der Waals surface area contributed by atoms with E-state index in [1.807, 2.05) is 30.7 Å². The SMILES string of the molecule is CCCCCCCCCCCCCCCC(NC(=O)OCCCn1c(O)cn(CCNC(=O)c2ccc[n+](CC)c2)c1=O)C(C)OC. The molecule has 0 radical (unpaired) electrons. The van der Waals surface area contributed by atoms with Gasteiger partial charge in [-0.15, -0.1) is 0 Å². The predicted octanol–water partition coefficient (Wildman–Crippen LogP) is 6.09. The van der Waals surface area contributed by atoms with Crippen LogP contribution in [0.5, 0.6) is 5.88 Å². The number of aryl methyl sites for hydroxylation is 1. The van der Waals surface area contributed by atoms with Gasteiger partial charge < -0.3 is 25.2 Å². The van der Waals surface area contributed by atoms with Gasteiger partial charge in [-0.25, -0.2) is 14.2 Å². The van der Waals surface area contributed by atoms with Crippen LogP contribution in [0.2, 0.25) is 0 Å². The molecule has 3 N–H and O–H groups in total. The molecule has 47 heavy (non-hydrogen) atoms. The highest BCUT2D eigenvalue weighted by atomic mass is 16.5. The van der Waals surface area contributed by atoms with Crippen molar-refractivity contribution in [2.45, 2.75) is 149 Å². The monoisotopic (exact) mass is 660 g/mol. The molecular weight excluding hydrogens is 598 g/mol. The lowest BCUT2D eigenvalue weighted by Gasteiger charge is -2.24. The van der Waals surface area contributed by atoms with E-state index in [0.29, 0.717) is 12.0 Å². The minimum Gasteiger partial charge on any atom is -0.493 e. The van der Waals surface area contributed by atoms with Crippen LogP contribution in [0.3, 0.4) is 0 Å². The molecule has 2 rings (SSSR count). The zero-order valence-corrected chi connectivity index (χ0v) is 29.5. The minimum absolute atomic E-state index is 0.0978. The molecule has 2 aromatic rings. The Labute approximate surface area is 282 Å². The summed E-state index contributed by atoms with van der Waals surface area (Å²) in [4.78, 5) is 37.7. The fraction of sp³-hybridized carbons (Fsp3) is 0.722. The van der Waals surface area contributed by atoms with Gasteiger partial charge in [0.05, 0.1) is 24.9 Å².